The van der Waals surface area contributed by atoms with Crippen molar-refractivity contribution in [3.63, 3.8) is 0 Å². The molecule has 5 rings (SSSR count). The fourth-order valence-electron chi connectivity index (χ4n) is 4.54. The summed E-state index contributed by atoms with van der Waals surface area (Å²) in [6, 6.07) is 9.40. The van der Waals surface area contributed by atoms with E-state index in [9.17, 15) is 4.79 Å². The van der Waals surface area contributed by atoms with E-state index in [0.717, 1.165) is 67.6 Å². The maximum Gasteiger partial charge on any atom is 0.142 e. The first kappa shape index (κ1) is 17.6. The van der Waals surface area contributed by atoms with Gasteiger partial charge in [0.15, 0.2) is 0 Å². The summed E-state index contributed by atoms with van der Waals surface area (Å²) in [5.74, 6) is 0.972. The van der Waals surface area contributed by atoms with Gasteiger partial charge in [0.2, 0.25) is 0 Å². The molecule has 1 saturated heterocycles. The molecule has 1 N–H and O–H groups in total. The largest absolute Gasteiger partial charge is 0.354 e. The summed E-state index contributed by atoms with van der Waals surface area (Å²) in [4.78, 5) is 28.9. The van der Waals surface area contributed by atoms with Crippen LogP contribution in [0.25, 0.3) is 11.0 Å². The number of anilines is 1. The number of fused-ring (bicyclic) bond motifs is 1. The molecule has 1 aliphatic carbocycles. The lowest BCUT2D eigenvalue weighted by Gasteiger charge is -2.36. The molecule has 28 heavy (non-hydrogen) atoms. The first-order valence-electron chi connectivity index (χ1n) is 9.71. The van der Waals surface area contributed by atoms with Gasteiger partial charge in [-0.1, -0.05) is 29.8 Å². The molecular weight excluding hydrogens is 374 g/mol. The monoisotopic (exact) mass is 395 g/mol. The summed E-state index contributed by atoms with van der Waals surface area (Å²) < 4.78 is 0. The van der Waals surface area contributed by atoms with Gasteiger partial charge in [-0.15, -0.1) is 0 Å². The minimum absolute atomic E-state index is 0.00513. The third kappa shape index (κ3) is 2.88. The van der Waals surface area contributed by atoms with Crippen LogP contribution in [0.3, 0.4) is 0 Å². The van der Waals surface area contributed by atoms with Crippen molar-refractivity contribution in [1.29, 1.82) is 0 Å². The second kappa shape index (κ2) is 6.87. The Morgan fingerprint density at radius 2 is 2.04 bits per heavy atom. The Morgan fingerprint density at radius 1 is 1.18 bits per heavy atom. The normalized spacial score (nSPS) is 20.2. The van der Waals surface area contributed by atoms with Crippen molar-refractivity contribution < 1.29 is 4.79 Å². The highest BCUT2D eigenvalue weighted by Crippen LogP contribution is 2.48. The molecule has 6 nitrogen and oxygen atoms in total. The standard InChI is InChI=1S/C21H22ClN5O/c22-17-5-2-1-4-15(17)18(12-28)27-11-3-10-26(13-21(27)7-8-21)20-16-6-9-23-19(16)24-14-25-20/h1-2,4-6,9,12,14,18H,3,7-8,10-11,13H2,(H,23,24,25). The number of nitrogens with zero attached hydrogens (tertiary/aromatic N) is 4. The number of aromatic nitrogens is 3. The molecule has 1 unspecified atom stereocenters. The predicted octanol–water partition coefficient (Wildman–Crippen LogP) is 3.60. The third-order valence-corrected chi connectivity index (χ3v) is 6.41. The topological polar surface area (TPSA) is 65.1 Å². The fourth-order valence-corrected chi connectivity index (χ4v) is 4.79. The van der Waals surface area contributed by atoms with Gasteiger partial charge in [-0.05, 0) is 37.0 Å². The lowest BCUT2D eigenvalue weighted by Crippen LogP contribution is -2.46. The van der Waals surface area contributed by atoms with E-state index in [0.29, 0.717) is 5.02 Å². The number of carbonyl (C=O) groups excluding carboxylic acids is 1. The van der Waals surface area contributed by atoms with Crippen LogP contribution in [-0.4, -0.2) is 51.3 Å². The van der Waals surface area contributed by atoms with Crippen LogP contribution in [0.1, 0.15) is 30.9 Å². The minimum Gasteiger partial charge on any atom is -0.354 e. The molecule has 1 saturated carbocycles. The third-order valence-electron chi connectivity index (χ3n) is 6.07. The van der Waals surface area contributed by atoms with Gasteiger partial charge >= 0.3 is 0 Å². The maximum absolute atomic E-state index is 12.1. The molecule has 1 atom stereocenters. The number of aldehydes is 1. The lowest BCUT2D eigenvalue weighted by molar-refractivity contribution is -0.113. The number of carbonyl (C=O) groups is 1. The summed E-state index contributed by atoms with van der Waals surface area (Å²) in [7, 11) is 0. The zero-order valence-corrected chi connectivity index (χ0v) is 16.3. The van der Waals surface area contributed by atoms with Gasteiger partial charge in [0, 0.05) is 36.4 Å². The Kier molecular flexibility index (Phi) is 4.33. The molecular formula is C21H22ClN5O. The van der Waals surface area contributed by atoms with E-state index in [1.165, 1.54) is 0 Å². The highest BCUT2D eigenvalue weighted by Gasteiger charge is 2.52. The molecule has 0 radical (unpaired) electrons. The fraction of sp³-hybridized carbons (Fsp3) is 0.381. The van der Waals surface area contributed by atoms with Crippen LogP contribution in [-0.2, 0) is 4.79 Å². The SMILES string of the molecule is O=CC(c1ccccc1Cl)N1CCCN(c2ncnc3[nH]ccc23)CC12CC2. The number of hydrogen-bond acceptors (Lipinski definition) is 5. The van der Waals surface area contributed by atoms with Crippen LogP contribution in [0, 0.1) is 0 Å². The van der Waals surface area contributed by atoms with Gasteiger partial charge in [0.25, 0.3) is 0 Å². The number of H-pyrrole nitrogens is 1. The van der Waals surface area contributed by atoms with Crippen molar-refractivity contribution >= 4 is 34.7 Å². The molecule has 3 aromatic rings. The van der Waals surface area contributed by atoms with Gasteiger partial charge in [-0.3, -0.25) is 4.90 Å². The number of aromatic amines is 1. The van der Waals surface area contributed by atoms with E-state index in [-0.39, 0.29) is 11.6 Å². The molecule has 1 aliphatic heterocycles. The number of halogens is 1. The van der Waals surface area contributed by atoms with Gasteiger partial charge < -0.3 is 14.7 Å². The second-order valence-corrected chi connectivity index (χ2v) is 8.14. The molecule has 1 aromatic carbocycles. The maximum atomic E-state index is 12.1. The van der Waals surface area contributed by atoms with E-state index in [1.54, 1.807) is 6.33 Å². The van der Waals surface area contributed by atoms with Crippen molar-refractivity contribution in [3.8, 4) is 0 Å². The average Bonchev–Trinajstić information content (AvgIpc) is 3.37. The van der Waals surface area contributed by atoms with Crippen molar-refractivity contribution in [2.75, 3.05) is 24.5 Å². The zero-order valence-electron chi connectivity index (χ0n) is 15.5. The van der Waals surface area contributed by atoms with Crippen LogP contribution >= 0.6 is 11.6 Å². The van der Waals surface area contributed by atoms with Crippen molar-refractivity contribution in [2.24, 2.45) is 0 Å². The summed E-state index contributed by atoms with van der Waals surface area (Å²) in [5.41, 5.74) is 1.75. The summed E-state index contributed by atoms with van der Waals surface area (Å²) >= 11 is 6.43. The van der Waals surface area contributed by atoms with Crippen LogP contribution in [0.5, 0.6) is 0 Å². The van der Waals surface area contributed by atoms with Gasteiger partial charge in [0.1, 0.15) is 24.1 Å². The Labute approximate surface area is 168 Å². The molecule has 7 heteroatoms. The molecule has 2 aliphatic rings. The molecule has 1 spiro atoms. The highest BCUT2D eigenvalue weighted by atomic mass is 35.5. The number of hydrogen-bond donors (Lipinski definition) is 1. The molecule has 3 heterocycles. The van der Waals surface area contributed by atoms with E-state index in [2.05, 4.69) is 24.8 Å². The van der Waals surface area contributed by atoms with Crippen LogP contribution < -0.4 is 4.90 Å². The van der Waals surface area contributed by atoms with Crippen LogP contribution in [0.2, 0.25) is 5.02 Å². The van der Waals surface area contributed by atoms with Crippen molar-refractivity contribution in [1.82, 2.24) is 19.9 Å². The molecule has 0 bridgehead atoms. The smallest absolute Gasteiger partial charge is 0.142 e. The first-order valence-corrected chi connectivity index (χ1v) is 10.1. The van der Waals surface area contributed by atoms with E-state index in [1.807, 2.05) is 36.5 Å². The molecule has 2 aromatic heterocycles. The lowest BCUT2D eigenvalue weighted by atomic mass is 10.0. The number of rotatable bonds is 4. The number of benzene rings is 1. The molecule has 144 valence electrons. The Balaban J connectivity index is 1.48. The van der Waals surface area contributed by atoms with Crippen LogP contribution in [0.4, 0.5) is 5.82 Å². The second-order valence-electron chi connectivity index (χ2n) is 7.73. The predicted molar refractivity (Wildman–Crippen MR) is 110 cm³/mol. The average molecular weight is 396 g/mol. The first-order chi connectivity index (χ1) is 13.7. The van der Waals surface area contributed by atoms with Crippen molar-refractivity contribution in [3.05, 3.63) is 53.4 Å². The summed E-state index contributed by atoms with van der Waals surface area (Å²) in [6.07, 6.45) is 7.70. The summed E-state index contributed by atoms with van der Waals surface area (Å²) in [5, 5.41) is 1.70. The van der Waals surface area contributed by atoms with E-state index < -0.39 is 0 Å². The van der Waals surface area contributed by atoms with Gasteiger partial charge in [-0.2, -0.15) is 0 Å². The van der Waals surface area contributed by atoms with E-state index >= 15 is 0 Å². The Morgan fingerprint density at radius 3 is 2.82 bits per heavy atom. The molecule has 0 amide bonds. The minimum atomic E-state index is -0.311. The Hall–Kier alpha value is -2.44. The Bertz CT molecular complexity index is 1010. The van der Waals surface area contributed by atoms with E-state index in [4.69, 9.17) is 11.6 Å². The zero-order chi connectivity index (χ0) is 19.1. The summed E-state index contributed by atoms with van der Waals surface area (Å²) in [6.45, 7) is 2.63. The van der Waals surface area contributed by atoms with Crippen molar-refractivity contribution in [2.45, 2.75) is 30.8 Å². The van der Waals surface area contributed by atoms with Crippen LogP contribution in [0.15, 0.2) is 42.9 Å². The molecule has 2 fully saturated rings. The van der Waals surface area contributed by atoms with Gasteiger partial charge in [0.05, 0.1) is 11.4 Å². The highest BCUT2D eigenvalue weighted by molar-refractivity contribution is 6.31. The quantitative estimate of drug-likeness (QED) is 0.684. The number of nitrogens with one attached hydrogen (secondary N) is 1. The van der Waals surface area contributed by atoms with Gasteiger partial charge in [-0.25, -0.2) is 9.97 Å².